The predicted octanol–water partition coefficient (Wildman–Crippen LogP) is 3.67. The Balaban J connectivity index is 2.31. The zero-order valence-electron chi connectivity index (χ0n) is 18.1. The van der Waals surface area contributed by atoms with Crippen LogP contribution in [-0.2, 0) is 16.1 Å². The Bertz CT molecular complexity index is 837. The van der Waals surface area contributed by atoms with Crippen LogP contribution in [0, 0.1) is 0 Å². The second-order valence-corrected chi connectivity index (χ2v) is 6.37. The normalized spacial score (nSPS) is 11.4. The fourth-order valence-corrected chi connectivity index (χ4v) is 3.04. The van der Waals surface area contributed by atoms with Crippen LogP contribution in [0.4, 0.5) is 0 Å². The van der Waals surface area contributed by atoms with Crippen molar-refractivity contribution in [2.45, 2.75) is 19.5 Å². The van der Waals surface area contributed by atoms with E-state index in [0.29, 0.717) is 29.4 Å². The summed E-state index contributed by atoms with van der Waals surface area (Å²) in [6.45, 7) is 6.42. The molecule has 0 amide bonds. The molecule has 7 nitrogen and oxygen atoms in total. The van der Waals surface area contributed by atoms with E-state index in [0.717, 1.165) is 16.9 Å². The molecule has 0 aliphatic carbocycles. The van der Waals surface area contributed by atoms with E-state index < -0.39 is 12.0 Å². The number of rotatable bonds is 11. The highest BCUT2D eigenvalue weighted by atomic mass is 16.5. The van der Waals surface area contributed by atoms with Gasteiger partial charge in [-0.1, -0.05) is 18.7 Å². The molecule has 0 aromatic heterocycles. The minimum Gasteiger partial charge on any atom is -0.497 e. The Labute approximate surface area is 177 Å². The van der Waals surface area contributed by atoms with Crippen molar-refractivity contribution in [1.82, 2.24) is 5.32 Å². The fourth-order valence-electron chi connectivity index (χ4n) is 3.04. The molecule has 1 atom stereocenters. The molecule has 0 aliphatic heterocycles. The summed E-state index contributed by atoms with van der Waals surface area (Å²) in [5, 5.41) is 3.38. The van der Waals surface area contributed by atoms with Crippen molar-refractivity contribution in [1.29, 1.82) is 0 Å². The van der Waals surface area contributed by atoms with Gasteiger partial charge < -0.3 is 29.0 Å². The van der Waals surface area contributed by atoms with Gasteiger partial charge in [-0.05, 0) is 42.3 Å². The molecule has 0 bridgehead atoms. The first kappa shape index (κ1) is 23.1. The highest BCUT2D eigenvalue weighted by molar-refractivity contribution is 5.89. The largest absolute Gasteiger partial charge is 0.497 e. The van der Waals surface area contributed by atoms with Gasteiger partial charge >= 0.3 is 5.97 Å². The van der Waals surface area contributed by atoms with Crippen molar-refractivity contribution in [2.75, 3.05) is 35.0 Å². The van der Waals surface area contributed by atoms with Gasteiger partial charge in [0.05, 0.1) is 46.7 Å². The molecular weight excluding hydrogens is 386 g/mol. The van der Waals surface area contributed by atoms with Crippen molar-refractivity contribution in [3.8, 4) is 23.0 Å². The molecule has 0 saturated heterocycles. The van der Waals surface area contributed by atoms with Gasteiger partial charge in [0.2, 0.25) is 5.75 Å². The van der Waals surface area contributed by atoms with Crippen molar-refractivity contribution in [3.63, 3.8) is 0 Å². The van der Waals surface area contributed by atoms with E-state index in [1.165, 1.54) is 0 Å². The van der Waals surface area contributed by atoms with Crippen molar-refractivity contribution in [3.05, 3.63) is 59.7 Å². The zero-order valence-corrected chi connectivity index (χ0v) is 18.1. The lowest BCUT2D eigenvalue weighted by Crippen LogP contribution is -2.26. The van der Waals surface area contributed by atoms with Crippen molar-refractivity contribution >= 4 is 5.97 Å². The van der Waals surface area contributed by atoms with E-state index in [-0.39, 0.29) is 6.61 Å². The molecular formula is C23H29NO6. The van der Waals surface area contributed by atoms with Gasteiger partial charge in [0.1, 0.15) is 5.75 Å². The van der Waals surface area contributed by atoms with Gasteiger partial charge in [0, 0.05) is 6.54 Å². The van der Waals surface area contributed by atoms with Crippen LogP contribution in [0.5, 0.6) is 23.0 Å². The number of esters is 1. The average molecular weight is 415 g/mol. The maximum absolute atomic E-state index is 12.3. The lowest BCUT2D eigenvalue weighted by atomic mass is 9.99. The summed E-state index contributed by atoms with van der Waals surface area (Å²) < 4.78 is 26.6. The summed E-state index contributed by atoms with van der Waals surface area (Å²) in [5.74, 6) is 1.91. The molecule has 7 heteroatoms. The lowest BCUT2D eigenvalue weighted by Gasteiger charge is -2.22. The van der Waals surface area contributed by atoms with Gasteiger partial charge in [0.25, 0.3) is 0 Å². The molecule has 0 fully saturated rings. The SMILES string of the molecule is C=C(C(=O)OCC)C(NCc1cc(OC)c(OC)c(OC)c1)c1ccc(OC)cc1. The van der Waals surface area contributed by atoms with Crippen molar-refractivity contribution in [2.24, 2.45) is 0 Å². The second kappa shape index (κ2) is 11.1. The van der Waals surface area contributed by atoms with Crippen LogP contribution in [0.2, 0.25) is 0 Å². The quantitative estimate of drug-likeness (QED) is 0.443. The molecule has 0 saturated carbocycles. The first-order chi connectivity index (χ1) is 14.5. The van der Waals surface area contributed by atoms with E-state index in [9.17, 15) is 4.79 Å². The Hall–Kier alpha value is -3.19. The van der Waals surface area contributed by atoms with E-state index in [4.69, 9.17) is 23.7 Å². The van der Waals surface area contributed by atoms with Crippen LogP contribution < -0.4 is 24.3 Å². The molecule has 162 valence electrons. The number of ether oxygens (including phenoxy) is 5. The van der Waals surface area contributed by atoms with Gasteiger partial charge in [-0.25, -0.2) is 4.79 Å². The third-order valence-electron chi connectivity index (χ3n) is 4.57. The van der Waals surface area contributed by atoms with Crippen LogP contribution in [0.3, 0.4) is 0 Å². The van der Waals surface area contributed by atoms with Gasteiger partial charge in [0.15, 0.2) is 11.5 Å². The molecule has 0 spiro atoms. The predicted molar refractivity (Wildman–Crippen MR) is 114 cm³/mol. The maximum atomic E-state index is 12.3. The highest BCUT2D eigenvalue weighted by Gasteiger charge is 2.22. The van der Waals surface area contributed by atoms with Crippen LogP contribution in [0.15, 0.2) is 48.6 Å². The Kier molecular flexibility index (Phi) is 8.55. The summed E-state index contributed by atoms with van der Waals surface area (Å²) in [7, 11) is 6.29. The molecule has 1 N–H and O–H groups in total. The Morgan fingerprint density at radius 1 is 0.967 bits per heavy atom. The Morgan fingerprint density at radius 2 is 1.57 bits per heavy atom. The van der Waals surface area contributed by atoms with Gasteiger partial charge in [-0.15, -0.1) is 0 Å². The third-order valence-corrected chi connectivity index (χ3v) is 4.57. The first-order valence-corrected chi connectivity index (χ1v) is 9.51. The van der Waals surface area contributed by atoms with Crippen molar-refractivity contribution < 1.29 is 28.5 Å². The van der Waals surface area contributed by atoms with E-state index >= 15 is 0 Å². The number of carbonyl (C=O) groups excluding carboxylic acids is 1. The summed E-state index contributed by atoms with van der Waals surface area (Å²) in [4.78, 5) is 12.3. The number of hydrogen-bond donors (Lipinski definition) is 1. The number of carbonyl (C=O) groups is 1. The highest BCUT2D eigenvalue weighted by Crippen LogP contribution is 2.38. The molecule has 30 heavy (non-hydrogen) atoms. The fraction of sp³-hybridized carbons (Fsp3) is 0.348. The average Bonchev–Trinajstić information content (AvgIpc) is 2.78. The van der Waals surface area contributed by atoms with Crippen LogP contribution in [0.1, 0.15) is 24.1 Å². The molecule has 2 aromatic rings. The van der Waals surface area contributed by atoms with E-state index in [2.05, 4.69) is 11.9 Å². The lowest BCUT2D eigenvalue weighted by molar-refractivity contribution is -0.138. The molecule has 2 aromatic carbocycles. The number of benzene rings is 2. The maximum Gasteiger partial charge on any atom is 0.335 e. The third kappa shape index (κ3) is 5.45. The standard InChI is InChI=1S/C23H29NO6/c1-7-30-23(25)15(2)21(17-8-10-18(26-3)11-9-17)24-14-16-12-19(27-4)22(29-6)20(13-16)28-5/h8-13,21,24H,2,7,14H2,1,3-6H3. The number of methoxy groups -OCH3 is 4. The molecule has 0 heterocycles. The zero-order chi connectivity index (χ0) is 22.1. The molecule has 2 rings (SSSR count). The summed E-state index contributed by atoms with van der Waals surface area (Å²) in [5.41, 5.74) is 2.07. The van der Waals surface area contributed by atoms with Crippen LogP contribution in [-0.4, -0.2) is 41.0 Å². The van der Waals surface area contributed by atoms with Gasteiger partial charge in [-0.2, -0.15) is 0 Å². The van der Waals surface area contributed by atoms with Crippen LogP contribution in [0.25, 0.3) is 0 Å². The summed E-state index contributed by atoms with van der Waals surface area (Å²) >= 11 is 0. The number of hydrogen-bond acceptors (Lipinski definition) is 7. The Morgan fingerprint density at radius 3 is 2.03 bits per heavy atom. The van der Waals surface area contributed by atoms with Crippen LogP contribution >= 0.6 is 0 Å². The first-order valence-electron chi connectivity index (χ1n) is 9.51. The molecule has 0 aliphatic rings. The second-order valence-electron chi connectivity index (χ2n) is 6.37. The topological polar surface area (TPSA) is 75.3 Å². The smallest absolute Gasteiger partial charge is 0.335 e. The minimum absolute atomic E-state index is 0.278. The monoisotopic (exact) mass is 415 g/mol. The van der Waals surface area contributed by atoms with Gasteiger partial charge in [-0.3, -0.25) is 0 Å². The molecule has 1 unspecified atom stereocenters. The minimum atomic E-state index is -0.450. The number of nitrogens with one attached hydrogen (secondary N) is 1. The van der Waals surface area contributed by atoms with E-state index in [1.807, 2.05) is 36.4 Å². The summed E-state index contributed by atoms with van der Waals surface area (Å²) in [6, 6.07) is 10.7. The van der Waals surface area contributed by atoms with E-state index in [1.54, 1.807) is 35.4 Å². The summed E-state index contributed by atoms with van der Waals surface area (Å²) in [6.07, 6.45) is 0. The molecule has 0 radical (unpaired) electrons.